The molecule has 0 unspecified atom stereocenters. The number of carboxylic acids is 1. The number of carbonyl (C=O) groups excluding carboxylic acids is 1. The van der Waals surface area contributed by atoms with Crippen LogP contribution in [-0.4, -0.2) is 202 Å². The maximum absolute atomic E-state index is 12.5. The molecule has 0 fully saturated rings. The van der Waals surface area contributed by atoms with Gasteiger partial charge in [-0.15, -0.1) is 63.4 Å². The van der Waals surface area contributed by atoms with Gasteiger partial charge in [0.15, 0.2) is 0 Å². The van der Waals surface area contributed by atoms with Crippen LogP contribution in [0.4, 0.5) is 0 Å². The standard InChI is InChI=1S/C15H11ClIN7O.C15H14ClN7O2.C15H12ClN7O.C10H10N4O3.C9H9BrN4O.C5H6ClN3.2CH4.ClH/c1-23-21-14(20-22-23)8-4-3-5-9(12(8)25-2)15-19-13(17)10-6-18-11(16)7-24(10)15;1-23-21-14(20-22-23)10-4-3-5-11(13(10)25-2)15(24)19-7-9-6-18-12(16)8-17-9;1-22-20-14(19-21-22)10-4-3-5-11(13(10)24-2)15-18-7-9-6-17-12(16)8-23(9)15;1-14-12-9(11-13-14)6-4-3-5-7(10(15)16)8(6)17-2;1-14-12-9(11-13-14)6-4-3-5-7(10)8(6)15-2;6-5-3-8-4(1-7)2-9-5;;;/h3-7H,1-2H3;3-6,8H,7H2,1-2H3,(H,19,24);3-8H,1-2H3;3-5H,1-2H3,(H,15,16);3-5H,1-2H3;2-3H,1,7H2;2*1H4;1H. The number of ether oxygens (including phenoxy) is 5. The normalized spacial score (nSPS) is 10.4. The van der Waals surface area contributed by atoms with Crippen LogP contribution in [0, 0.1) is 3.70 Å². The quantitative estimate of drug-likeness (QED) is 0.0713. The van der Waals surface area contributed by atoms with E-state index in [-0.39, 0.29) is 51.0 Å². The summed E-state index contributed by atoms with van der Waals surface area (Å²) in [6, 6.07) is 27.0. The number of rotatable bonds is 17. The summed E-state index contributed by atoms with van der Waals surface area (Å²) < 4.78 is 32.5. The number of nitrogens with one attached hydrogen (secondary N) is 1. The molecule has 11 heterocycles. The lowest BCUT2D eigenvalue weighted by atomic mass is 10.1. The fourth-order valence-electron chi connectivity index (χ4n) is 10.6. The van der Waals surface area contributed by atoms with Gasteiger partial charge < -0.3 is 39.8 Å². The summed E-state index contributed by atoms with van der Waals surface area (Å²) in [7, 11) is 16.1. The summed E-state index contributed by atoms with van der Waals surface area (Å²) in [4.78, 5) is 63.4. The van der Waals surface area contributed by atoms with E-state index < -0.39 is 5.97 Å². The van der Waals surface area contributed by atoms with Gasteiger partial charge in [0.05, 0.1) is 192 Å². The van der Waals surface area contributed by atoms with Gasteiger partial charge in [-0.05, 0) is 125 Å². The Kier molecular flexibility index (Phi) is 32.6. The number of tetrazole rings is 5. The van der Waals surface area contributed by atoms with E-state index in [1.165, 1.54) is 62.9 Å². The first-order valence-electron chi connectivity index (χ1n) is 33.1. The van der Waals surface area contributed by atoms with E-state index in [1.54, 1.807) is 124 Å². The summed E-state index contributed by atoms with van der Waals surface area (Å²) in [5.74, 6) is 4.77. The van der Waals surface area contributed by atoms with Gasteiger partial charge in [-0.3, -0.25) is 23.6 Å². The zero-order valence-corrected chi connectivity index (χ0v) is 69.8. The summed E-state index contributed by atoms with van der Waals surface area (Å²) in [6.45, 7) is 0.615. The maximum Gasteiger partial charge on any atom is 0.339 e. The van der Waals surface area contributed by atoms with Gasteiger partial charge in [0.25, 0.3) is 5.91 Å². The maximum atomic E-state index is 12.5. The van der Waals surface area contributed by atoms with Gasteiger partial charge in [-0.1, -0.05) is 91.6 Å². The molecule has 40 nitrogen and oxygen atoms in total. The fourth-order valence-corrected chi connectivity index (χ4v) is 12.3. The number of carboxylic acid groups (broad SMARTS) is 1. The summed E-state index contributed by atoms with van der Waals surface area (Å²) in [6.07, 6.45) is 14.5. The number of aromatic nitrogens is 30. The molecule has 16 rings (SSSR count). The smallest absolute Gasteiger partial charge is 0.339 e. The first kappa shape index (κ1) is 90.9. The summed E-state index contributed by atoms with van der Waals surface area (Å²) in [5, 5.41) is 72.9. The van der Waals surface area contributed by atoms with Crippen molar-refractivity contribution in [2.75, 3.05) is 35.5 Å². The van der Waals surface area contributed by atoms with Gasteiger partial charge >= 0.3 is 5.97 Å². The number of hydrogen-bond acceptors (Lipinski definition) is 31. The Morgan fingerprint density at radius 3 is 1.23 bits per heavy atom. The number of halogens is 7. The number of fused-ring (bicyclic) bond motifs is 2. The molecule has 0 aliphatic heterocycles. The molecule has 5 aromatic carbocycles. The highest BCUT2D eigenvalue weighted by Gasteiger charge is 2.25. The summed E-state index contributed by atoms with van der Waals surface area (Å²) in [5.41, 5.74) is 13.7. The lowest BCUT2D eigenvalue weighted by Crippen LogP contribution is -2.24. The van der Waals surface area contributed by atoms with Gasteiger partial charge in [-0.25, -0.2) is 34.7 Å². The van der Waals surface area contributed by atoms with Gasteiger partial charge in [0.1, 0.15) is 70.3 Å². The van der Waals surface area contributed by atoms with E-state index in [9.17, 15) is 9.59 Å². The third-order valence-electron chi connectivity index (χ3n) is 15.6. The highest BCUT2D eigenvalue weighted by Crippen LogP contribution is 2.41. The predicted octanol–water partition coefficient (Wildman–Crippen LogP) is 10.9. The van der Waals surface area contributed by atoms with Crippen LogP contribution in [0.1, 0.15) is 47.0 Å². The van der Waals surface area contributed by atoms with E-state index in [2.05, 4.69) is 161 Å². The van der Waals surface area contributed by atoms with Gasteiger partial charge in [-0.2, -0.15) is 24.0 Å². The lowest BCUT2D eigenvalue weighted by Gasteiger charge is -2.11. The molecular formula is C71H71BrCl5IN32O8. The first-order valence-corrected chi connectivity index (χ1v) is 36.5. The van der Waals surface area contributed by atoms with Crippen LogP contribution < -0.4 is 34.7 Å². The number of imidazole rings is 2. The number of amides is 1. The van der Waals surface area contributed by atoms with Crippen molar-refractivity contribution >= 4 is 120 Å². The number of methoxy groups -OCH3 is 5. The monoisotopic (exact) mass is 1880 g/mol. The van der Waals surface area contributed by atoms with Crippen LogP contribution in [0.15, 0.2) is 151 Å². The van der Waals surface area contributed by atoms with Crippen molar-refractivity contribution in [1.82, 2.24) is 155 Å². The lowest BCUT2D eigenvalue weighted by molar-refractivity contribution is 0.0693. The van der Waals surface area contributed by atoms with Crippen molar-refractivity contribution < 1.29 is 38.4 Å². The molecule has 0 radical (unpaired) electrons. The van der Waals surface area contributed by atoms with Crippen LogP contribution in [0.3, 0.4) is 0 Å². The van der Waals surface area contributed by atoms with Crippen LogP contribution in [-0.2, 0) is 48.3 Å². The van der Waals surface area contributed by atoms with Crippen LogP contribution >= 0.6 is 97.3 Å². The minimum Gasteiger partial charge on any atom is -0.495 e. The number of benzene rings is 5. The summed E-state index contributed by atoms with van der Waals surface area (Å²) >= 11 is 28.8. The van der Waals surface area contributed by atoms with E-state index in [1.807, 2.05) is 63.4 Å². The number of carbonyl (C=O) groups is 2. The van der Waals surface area contributed by atoms with E-state index >= 15 is 0 Å². The fraction of sp³-hybridized carbons (Fsp3) is 0.197. The molecule has 0 saturated heterocycles. The minimum atomic E-state index is -1.06. The molecule has 0 bridgehead atoms. The Balaban J connectivity index is 0.000000180. The van der Waals surface area contributed by atoms with Crippen molar-refractivity contribution in [2.45, 2.75) is 27.9 Å². The highest BCUT2D eigenvalue weighted by atomic mass is 127. The number of nitrogens with two attached hydrogens (primary N) is 1. The third kappa shape index (κ3) is 21.9. The van der Waals surface area contributed by atoms with E-state index in [0.29, 0.717) is 113 Å². The zero-order valence-electron chi connectivity index (χ0n) is 62.2. The van der Waals surface area contributed by atoms with Crippen LogP contribution in [0.2, 0.25) is 20.6 Å². The molecule has 0 spiro atoms. The third-order valence-corrected chi connectivity index (χ3v) is 17.8. The second-order valence-electron chi connectivity index (χ2n) is 23.0. The largest absolute Gasteiger partial charge is 0.495 e. The Morgan fingerprint density at radius 2 is 0.814 bits per heavy atom. The van der Waals surface area contributed by atoms with E-state index in [0.717, 1.165) is 52.7 Å². The zero-order chi connectivity index (χ0) is 82.0. The van der Waals surface area contributed by atoms with Crippen LogP contribution in [0.25, 0.3) is 90.7 Å². The number of nitrogens with zero attached hydrogens (tertiary/aromatic N) is 30. The molecule has 16 aromatic rings. The van der Waals surface area contributed by atoms with Crippen LogP contribution in [0.5, 0.6) is 28.7 Å². The first-order chi connectivity index (χ1) is 55.5. The highest BCUT2D eigenvalue weighted by molar-refractivity contribution is 14.1. The van der Waals surface area contributed by atoms with Crippen molar-refractivity contribution in [3.63, 3.8) is 0 Å². The second kappa shape index (κ2) is 42.3. The molecule has 0 saturated carbocycles. The molecule has 118 heavy (non-hydrogen) atoms. The Labute approximate surface area is 719 Å². The molecule has 47 heteroatoms. The Bertz CT molecular complexity index is 6070. The SMILES string of the molecule is C.C.COc1c(-c2nnn(C)n2)cccc1-c1nc(I)c2cnc(Cl)cn12.COc1c(-c2nnn(C)n2)cccc1-c1ncc2cnc(Cl)cn12.COc1c(Br)cccc1-c1nnn(C)n1.COc1c(C(=O)NCc2cnc(Cl)cn2)cccc1-c1nnn(C)n1.COc1c(C(=O)O)cccc1-c1nnn(C)n1.Cl.NCc1cnc(Cl)cn1. The Morgan fingerprint density at radius 1 is 0.449 bits per heavy atom. The second-order valence-corrected chi connectivity index (χ2v) is 26.4. The molecule has 0 atom stereocenters. The molecule has 612 valence electrons. The van der Waals surface area contributed by atoms with Crippen molar-refractivity contribution in [3.05, 3.63) is 198 Å². The van der Waals surface area contributed by atoms with Crippen molar-refractivity contribution in [2.24, 2.45) is 41.0 Å². The molecule has 1 amide bonds. The molecular weight excluding hydrogens is 1810 g/mol. The van der Waals surface area contributed by atoms with Crippen molar-refractivity contribution in [1.29, 1.82) is 0 Å². The average Bonchev–Trinajstić information content (AvgIpc) is 1.61. The Hall–Kier alpha value is -12.6. The molecule has 0 aliphatic rings. The molecule has 4 N–H and O–H groups in total. The number of aromatic carboxylic acids is 1. The topological polar surface area (TPSA) is 469 Å². The molecule has 11 aromatic heterocycles. The van der Waals surface area contributed by atoms with Gasteiger partial charge in [0, 0.05) is 18.9 Å². The van der Waals surface area contributed by atoms with E-state index in [4.69, 9.17) is 80.9 Å². The molecule has 0 aliphatic carbocycles. The predicted molar refractivity (Wildman–Crippen MR) is 449 cm³/mol. The number of para-hydroxylation sites is 5. The minimum absolute atomic E-state index is 0. The number of hydrogen-bond donors (Lipinski definition) is 3. The van der Waals surface area contributed by atoms with Gasteiger partial charge in [0.2, 0.25) is 29.1 Å². The number of aryl methyl sites for hydroxylation is 5. The van der Waals surface area contributed by atoms with Crippen molar-refractivity contribution in [3.8, 4) is 108 Å². The average molecular weight is 1880 g/mol.